The van der Waals surface area contributed by atoms with Gasteiger partial charge in [-0.05, 0) is 79.1 Å². The molecule has 0 radical (unpaired) electrons. The number of hydrogen-bond donors (Lipinski definition) is 0. The molecule has 41 heavy (non-hydrogen) atoms. The Bertz CT molecular complexity index is 1420. The molecular weight excluding hydrogens is 516 g/mol. The monoisotopic (exact) mass is 550 g/mol. The number of carbonyl (C=O) groups excluding carboxylic acids is 3. The maximum Gasteiger partial charge on any atom is 0.339 e. The van der Waals surface area contributed by atoms with Crippen LogP contribution in [0.2, 0.25) is 0 Å². The van der Waals surface area contributed by atoms with Crippen LogP contribution in [0.4, 0.5) is 0 Å². The highest BCUT2D eigenvalue weighted by Crippen LogP contribution is 2.25. The summed E-state index contributed by atoms with van der Waals surface area (Å²) in [5.41, 5.74) is 4.40. The van der Waals surface area contributed by atoms with Gasteiger partial charge in [0.15, 0.2) is 0 Å². The van der Waals surface area contributed by atoms with Crippen molar-refractivity contribution in [1.82, 2.24) is 0 Å². The van der Waals surface area contributed by atoms with Gasteiger partial charge in [0.05, 0.1) is 6.42 Å². The predicted octanol–water partition coefficient (Wildman–Crippen LogP) is 7.73. The summed E-state index contributed by atoms with van der Waals surface area (Å²) in [6.07, 6.45) is 8.79. The molecule has 0 aromatic heterocycles. The van der Waals surface area contributed by atoms with Gasteiger partial charge in [0.1, 0.15) is 17.6 Å². The van der Waals surface area contributed by atoms with Gasteiger partial charge in [0.25, 0.3) is 0 Å². The zero-order chi connectivity index (χ0) is 29.2. The van der Waals surface area contributed by atoms with E-state index in [4.69, 9.17) is 14.2 Å². The molecular formula is C35H34O6. The van der Waals surface area contributed by atoms with Crippen LogP contribution in [0.1, 0.15) is 56.6 Å². The molecule has 0 aliphatic heterocycles. The van der Waals surface area contributed by atoms with Crippen LogP contribution in [0, 0.1) is 0 Å². The molecule has 1 fully saturated rings. The lowest BCUT2D eigenvalue weighted by molar-refractivity contribution is -0.150. The average molecular weight is 551 g/mol. The second-order valence-electron chi connectivity index (χ2n) is 10.1. The van der Waals surface area contributed by atoms with E-state index in [0.29, 0.717) is 17.1 Å². The van der Waals surface area contributed by atoms with Crippen LogP contribution in [-0.4, -0.2) is 24.0 Å². The summed E-state index contributed by atoms with van der Waals surface area (Å²) in [5, 5.41) is 0. The van der Waals surface area contributed by atoms with Crippen LogP contribution in [0.3, 0.4) is 0 Å². The van der Waals surface area contributed by atoms with E-state index in [1.54, 1.807) is 31.2 Å². The molecule has 3 aromatic rings. The van der Waals surface area contributed by atoms with Gasteiger partial charge in [0, 0.05) is 11.1 Å². The predicted molar refractivity (Wildman–Crippen MR) is 160 cm³/mol. The van der Waals surface area contributed by atoms with Crippen molar-refractivity contribution >= 4 is 30.1 Å². The zero-order valence-electron chi connectivity index (χ0n) is 23.3. The van der Waals surface area contributed by atoms with Crippen LogP contribution in [0.25, 0.3) is 23.3 Å². The lowest BCUT2D eigenvalue weighted by Gasteiger charge is -2.21. The number of hydrogen-bond acceptors (Lipinski definition) is 6. The molecule has 4 rings (SSSR count). The first-order chi connectivity index (χ1) is 19.8. The second kappa shape index (κ2) is 14.1. The number of ether oxygens (including phenoxy) is 3. The quantitative estimate of drug-likeness (QED) is 0.111. The number of rotatable bonds is 10. The lowest BCUT2D eigenvalue weighted by Crippen LogP contribution is -2.22. The molecule has 1 saturated carbocycles. The Morgan fingerprint density at radius 2 is 1.17 bits per heavy atom. The van der Waals surface area contributed by atoms with Gasteiger partial charge in [-0.1, -0.05) is 80.3 Å². The SMILES string of the molecule is C=C(C)C(=O)Oc1ccc(/C=C/c2ccc(-c3ccc(OC(=O)C(=C)CC(=O)OC4CCCCC4)cc3)cc2)cc1. The molecule has 1 aliphatic rings. The summed E-state index contributed by atoms with van der Waals surface area (Å²) in [6.45, 7) is 8.90. The molecule has 0 atom stereocenters. The van der Waals surface area contributed by atoms with E-state index in [2.05, 4.69) is 13.2 Å². The van der Waals surface area contributed by atoms with E-state index in [9.17, 15) is 14.4 Å². The lowest BCUT2D eigenvalue weighted by atomic mass is 9.98. The van der Waals surface area contributed by atoms with E-state index in [0.717, 1.165) is 47.9 Å². The van der Waals surface area contributed by atoms with Gasteiger partial charge in [-0.2, -0.15) is 0 Å². The van der Waals surface area contributed by atoms with Crippen molar-refractivity contribution in [3.8, 4) is 22.6 Å². The minimum Gasteiger partial charge on any atom is -0.462 e. The average Bonchev–Trinajstić information content (AvgIpc) is 2.98. The molecule has 0 saturated heterocycles. The Labute approximate surface area is 241 Å². The van der Waals surface area contributed by atoms with Gasteiger partial charge in [-0.15, -0.1) is 0 Å². The molecule has 210 valence electrons. The Morgan fingerprint density at radius 3 is 1.71 bits per heavy atom. The van der Waals surface area contributed by atoms with E-state index < -0.39 is 17.9 Å². The molecule has 0 amide bonds. The van der Waals surface area contributed by atoms with Crippen molar-refractivity contribution in [3.05, 3.63) is 108 Å². The van der Waals surface area contributed by atoms with Crippen molar-refractivity contribution in [3.63, 3.8) is 0 Å². The smallest absolute Gasteiger partial charge is 0.339 e. The fraction of sp³-hybridized carbons (Fsp3) is 0.229. The third-order valence-electron chi connectivity index (χ3n) is 6.71. The van der Waals surface area contributed by atoms with Gasteiger partial charge >= 0.3 is 17.9 Å². The largest absolute Gasteiger partial charge is 0.462 e. The van der Waals surface area contributed by atoms with Crippen LogP contribution in [-0.2, 0) is 19.1 Å². The van der Waals surface area contributed by atoms with Crippen molar-refractivity contribution < 1.29 is 28.6 Å². The molecule has 6 heteroatoms. The van der Waals surface area contributed by atoms with Crippen molar-refractivity contribution in [1.29, 1.82) is 0 Å². The van der Waals surface area contributed by atoms with Gasteiger partial charge in [0.2, 0.25) is 0 Å². The first-order valence-corrected chi connectivity index (χ1v) is 13.7. The molecule has 0 N–H and O–H groups in total. The molecule has 3 aromatic carbocycles. The van der Waals surface area contributed by atoms with Gasteiger partial charge in [-0.25, -0.2) is 9.59 Å². The Balaban J connectivity index is 1.27. The number of carbonyl (C=O) groups is 3. The standard InChI is InChI=1S/C35H34O6/c1-24(2)34(37)40-31-19-13-27(14-20-31)10-9-26-11-15-28(16-12-26)29-17-21-32(22-18-29)41-35(38)25(3)23-33(36)39-30-7-5-4-6-8-30/h9-22,30H,1,3-8,23H2,2H3/b10-9+. The van der Waals surface area contributed by atoms with Crippen LogP contribution >= 0.6 is 0 Å². The summed E-state index contributed by atoms with van der Waals surface area (Å²) in [5.74, 6) is -0.678. The molecule has 6 nitrogen and oxygen atoms in total. The van der Waals surface area contributed by atoms with E-state index in [-0.39, 0.29) is 18.1 Å². The Hall–Kier alpha value is -4.71. The Kier molecular flexibility index (Phi) is 10.1. The fourth-order valence-electron chi connectivity index (χ4n) is 4.37. The van der Waals surface area contributed by atoms with Crippen LogP contribution < -0.4 is 9.47 Å². The highest BCUT2D eigenvalue weighted by Gasteiger charge is 2.20. The molecule has 1 aliphatic carbocycles. The molecule has 0 spiro atoms. The summed E-state index contributed by atoms with van der Waals surface area (Å²) in [7, 11) is 0. The molecule has 0 heterocycles. The first-order valence-electron chi connectivity index (χ1n) is 13.7. The normalized spacial score (nSPS) is 13.4. The van der Waals surface area contributed by atoms with Gasteiger partial charge < -0.3 is 14.2 Å². The van der Waals surface area contributed by atoms with Crippen molar-refractivity contribution in [2.24, 2.45) is 0 Å². The topological polar surface area (TPSA) is 78.9 Å². The summed E-state index contributed by atoms with van der Waals surface area (Å²) >= 11 is 0. The highest BCUT2D eigenvalue weighted by molar-refractivity contribution is 5.94. The van der Waals surface area contributed by atoms with Crippen LogP contribution in [0.5, 0.6) is 11.5 Å². The number of benzene rings is 3. The number of esters is 3. The second-order valence-corrected chi connectivity index (χ2v) is 10.1. The summed E-state index contributed by atoms with van der Waals surface area (Å²) in [6, 6.07) is 22.5. The first kappa shape index (κ1) is 29.3. The fourth-order valence-corrected chi connectivity index (χ4v) is 4.37. The zero-order valence-corrected chi connectivity index (χ0v) is 23.3. The maximum atomic E-state index is 12.4. The van der Waals surface area contributed by atoms with Gasteiger partial charge in [-0.3, -0.25) is 4.79 Å². The van der Waals surface area contributed by atoms with E-state index in [1.807, 2.05) is 60.7 Å². The molecule has 0 bridgehead atoms. The summed E-state index contributed by atoms with van der Waals surface area (Å²) < 4.78 is 16.1. The maximum absolute atomic E-state index is 12.4. The Morgan fingerprint density at radius 1 is 0.707 bits per heavy atom. The summed E-state index contributed by atoms with van der Waals surface area (Å²) in [4.78, 5) is 36.2. The van der Waals surface area contributed by atoms with Crippen LogP contribution in [0.15, 0.2) is 97.1 Å². The van der Waals surface area contributed by atoms with E-state index >= 15 is 0 Å². The minimum absolute atomic E-state index is 0.0587. The minimum atomic E-state index is -0.642. The highest BCUT2D eigenvalue weighted by atomic mass is 16.5. The third-order valence-corrected chi connectivity index (χ3v) is 6.71. The molecule has 0 unspecified atom stereocenters. The van der Waals surface area contributed by atoms with E-state index in [1.165, 1.54) is 6.42 Å². The third kappa shape index (κ3) is 8.90. The van der Waals surface area contributed by atoms with Crippen molar-refractivity contribution in [2.75, 3.05) is 0 Å². The van der Waals surface area contributed by atoms with Crippen molar-refractivity contribution in [2.45, 2.75) is 51.6 Å².